The van der Waals surface area contributed by atoms with Crippen molar-refractivity contribution in [3.63, 3.8) is 0 Å². The molecule has 0 amide bonds. The van der Waals surface area contributed by atoms with Crippen LogP contribution in [0.25, 0.3) is 0 Å². The molecule has 0 unspecified atom stereocenters. The van der Waals surface area contributed by atoms with E-state index in [2.05, 4.69) is 28.8 Å². The fourth-order valence-corrected chi connectivity index (χ4v) is 2.40. The largest absolute Gasteiger partial charge is 0.331 e. The number of hydrazone groups is 1. The zero-order valence-corrected chi connectivity index (χ0v) is 12.2. The Bertz CT molecular complexity index is 458. The Morgan fingerprint density at radius 2 is 1.79 bits per heavy atom. The van der Waals surface area contributed by atoms with Crippen molar-refractivity contribution in [2.45, 2.75) is 45.4 Å². The van der Waals surface area contributed by atoms with Gasteiger partial charge in [-0.2, -0.15) is 5.10 Å². The zero-order chi connectivity index (χ0) is 13.5. The minimum atomic E-state index is 0.561. The SMILES string of the molecule is Cc1ccccc1NC(=S)NN=C1CCCCCC1. The first-order chi connectivity index (χ1) is 9.25. The van der Waals surface area contributed by atoms with E-state index >= 15 is 0 Å². The molecule has 0 radical (unpaired) electrons. The minimum absolute atomic E-state index is 0.561. The summed E-state index contributed by atoms with van der Waals surface area (Å²) in [7, 11) is 0. The van der Waals surface area contributed by atoms with Crippen LogP contribution in [0.3, 0.4) is 0 Å². The summed E-state index contributed by atoms with van der Waals surface area (Å²) in [5.74, 6) is 0. The van der Waals surface area contributed by atoms with Gasteiger partial charge in [-0.05, 0) is 56.5 Å². The Morgan fingerprint density at radius 1 is 1.11 bits per heavy atom. The number of benzene rings is 1. The molecule has 0 spiro atoms. The number of thiocarbonyl (C=S) groups is 1. The third-order valence-electron chi connectivity index (χ3n) is 3.39. The molecule has 1 fully saturated rings. The van der Waals surface area contributed by atoms with Crippen molar-refractivity contribution in [1.29, 1.82) is 0 Å². The smallest absolute Gasteiger partial charge is 0.191 e. The molecule has 3 nitrogen and oxygen atoms in total. The van der Waals surface area contributed by atoms with Crippen molar-refractivity contribution in [2.24, 2.45) is 5.10 Å². The number of nitrogens with one attached hydrogen (secondary N) is 2. The summed E-state index contributed by atoms with van der Waals surface area (Å²) >= 11 is 5.27. The van der Waals surface area contributed by atoms with Crippen molar-refractivity contribution < 1.29 is 0 Å². The van der Waals surface area contributed by atoms with Crippen LogP contribution in [0.5, 0.6) is 0 Å². The first kappa shape index (κ1) is 14.0. The molecule has 2 N–H and O–H groups in total. The quantitative estimate of drug-likeness (QED) is 0.487. The molecule has 0 bridgehead atoms. The molecule has 2 rings (SSSR count). The molecule has 1 aromatic carbocycles. The fourth-order valence-electron chi connectivity index (χ4n) is 2.24. The first-order valence-corrected chi connectivity index (χ1v) is 7.34. The van der Waals surface area contributed by atoms with Gasteiger partial charge in [0.25, 0.3) is 0 Å². The molecule has 19 heavy (non-hydrogen) atoms. The normalized spacial score (nSPS) is 15.5. The van der Waals surface area contributed by atoms with Crippen LogP contribution in [-0.4, -0.2) is 10.8 Å². The third-order valence-corrected chi connectivity index (χ3v) is 3.58. The summed E-state index contributed by atoms with van der Waals surface area (Å²) in [5.41, 5.74) is 6.41. The van der Waals surface area contributed by atoms with Gasteiger partial charge < -0.3 is 5.32 Å². The van der Waals surface area contributed by atoms with Crippen molar-refractivity contribution in [2.75, 3.05) is 5.32 Å². The Hall–Kier alpha value is -1.42. The topological polar surface area (TPSA) is 36.4 Å². The van der Waals surface area contributed by atoms with Gasteiger partial charge in [-0.25, -0.2) is 0 Å². The summed E-state index contributed by atoms with van der Waals surface area (Å²) in [6.07, 6.45) is 7.34. The number of hydrogen-bond donors (Lipinski definition) is 2. The van der Waals surface area contributed by atoms with Gasteiger partial charge in [0.05, 0.1) is 0 Å². The predicted molar refractivity (Wildman–Crippen MR) is 85.7 cm³/mol. The van der Waals surface area contributed by atoms with Crippen LogP contribution in [0.15, 0.2) is 29.4 Å². The molecule has 0 aliphatic heterocycles. The van der Waals surface area contributed by atoms with E-state index in [0.717, 1.165) is 18.5 Å². The van der Waals surface area contributed by atoms with E-state index in [-0.39, 0.29) is 0 Å². The second-order valence-electron chi connectivity index (χ2n) is 4.97. The molecule has 0 atom stereocenters. The molecule has 4 heteroatoms. The van der Waals surface area contributed by atoms with E-state index in [9.17, 15) is 0 Å². The van der Waals surface area contributed by atoms with Crippen molar-refractivity contribution in [3.05, 3.63) is 29.8 Å². The molecule has 0 saturated heterocycles. The molecule has 1 aliphatic rings. The molecule has 0 aromatic heterocycles. The standard InChI is InChI=1S/C15H21N3S/c1-12-8-6-7-11-14(12)16-15(19)18-17-13-9-4-2-3-5-10-13/h6-8,11H,2-5,9-10H2,1H3,(H2,16,18,19). The highest BCUT2D eigenvalue weighted by atomic mass is 32.1. The van der Waals surface area contributed by atoms with E-state index < -0.39 is 0 Å². The van der Waals surface area contributed by atoms with Crippen LogP contribution in [0.2, 0.25) is 0 Å². The lowest BCUT2D eigenvalue weighted by Crippen LogP contribution is -2.25. The summed E-state index contributed by atoms with van der Waals surface area (Å²) < 4.78 is 0. The summed E-state index contributed by atoms with van der Waals surface area (Å²) in [4.78, 5) is 0. The predicted octanol–water partition coefficient (Wildman–Crippen LogP) is 3.99. The monoisotopic (exact) mass is 275 g/mol. The third kappa shape index (κ3) is 4.63. The maximum Gasteiger partial charge on any atom is 0.191 e. The Balaban J connectivity index is 1.87. The van der Waals surface area contributed by atoms with E-state index in [0.29, 0.717) is 5.11 Å². The molecule has 1 aliphatic carbocycles. The Morgan fingerprint density at radius 3 is 2.47 bits per heavy atom. The molecular formula is C15H21N3S. The number of hydrogen-bond acceptors (Lipinski definition) is 2. The number of para-hydroxylation sites is 1. The molecular weight excluding hydrogens is 254 g/mol. The van der Waals surface area contributed by atoms with E-state index in [4.69, 9.17) is 12.2 Å². The van der Waals surface area contributed by atoms with Gasteiger partial charge in [0.2, 0.25) is 0 Å². The van der Waals surface area contributed by atoms with E-state index in [1.807, 2.05) is 18.2 Å². The van der Waals surface area contributed by atoms with Gasteiger partial charge >= 0.3 is 0 Å². The van der Waals surface area contributed by atoms with Gasteiger partial charge in [0, 0.05) is 11.4 Å². The van der Waals surface area contributed by atoms with E-state index in [1.165, 1.54) is 37.0 Å². The second kappa shape index (κ2) is 7.24. The lowest BCUT2D eigenvalue weighted by Gasteiger charge is -2.10. The van der Waals surface area contributed by atoms with Crippen LogP contribution in [0.4, 0.5) is 5.69 Å². The summed E-state index contributed by atoms with van der Waals surface area (Å²) in [6, 6.07) is 8.09. The Labute approximate surface area is 120 Å². The zero-order valence-electron chi connectivity index (χ0n) is 11.4. The number of rotatable bonds is 2. The van der Waals surface area contributed by atoms with Crippen LogP contribution < -0.4 is 10.7 Å². The molecule has 102 valence electrons. The highest BCUT2D eigenvalue weighted by Crippen LogP contribution is 2.15. The highest BCUT2D eigenvalue weighted by molar-refractivity contribution is 7.80. The van der Waals surface area contributed by atoms with Crippen molar-refractivity contribution in [3.8, 4) is 0 Å². The highest BCUT2D eigenvalue weighted by Gasteiger charge is 2.06. The minimum Gasteiger partial charge on any atom is -0.331 e. The molecule has 1 saturated carbocycles. The lowest BCUT2D eigenvalue weighted by atomic mass is 10.2. The van der Waals surface area contributed by atoms with Gasteiger partial charge in [-0.15, -0.1) is 0 Å². The summed E-state index contributed by atoms with van der Waals surface area (Å²) in [6.45, 7) is 2.06. The van der Waals surface area contributed by atoms with Gasteiger partial charge in [0.1, 0.15) is 0 Å². The summed E-state index contributed by atoms with van der Waals surface area (Å²) in [5, 5.41) is 8.17. The van der Waals surface area contributed by atoms with Gasteiger partial charge in [0.15, 0.2) is 5.11 Å². The second-order valence-corrected chi connectivity index (χ2v) is 5.38. The average molecular weight is 275 g/mol. The molecule has 0 heterocycles. The van der Waals surface area contributed by atoms with Gasteiger partial charge in [-0.1, -0.05) is 31.0 Å². The Kier molecular flexibility index (Phi) is 5.33. The number of anilines is 1. The van der Waals surface area contributed by atoms with Gasteiger partial charge in [-0.3, -0.25) is 5.43 Å². The lowest BCUT2D eigenvalue weighted by molar-refractivity contribution is 0.702. The van der Waals surface area contributed by atoms with Crippen LogP contribution >= 0.6 is 12.2 Å². The van der Waals surface area contributed by atoms with Crippen LogP contribution in [0.1, 0.15) is 44.1 Å². The first-order valence-electron chi connectivity index (χ1n) is 6.94. The van der Waals surface area contributed by atoms with Crippen LogP contribution in [-0.2, 0) is 0 Å². The van der Waals surface area contributed by atoms with E-state index in [1.54, 1.807) is 0 Å². The van der Waals surface area contributed by atoms with Crippen molar-refractivity contribution in [1.82, 2.24) is 5.43 Å². The number of nitrogens with zero attached hydrogens (tertiary/aromatic N) is 1. The number of aryl methyl sites for hydroxylation is 1. The molecule has 1 aromatic rings. The fraction of sp³-hybridized carbons (Fsp3) is 0.467. The maximum absolute atomic E-state index is 5.27. The van der Waals surface area contributed by atoms with Crippen LogP contribution in [0, 0.1) is 6.92 Å². The average Bonchev–Trinajstić information content (AvgIpc) is 2.68. The maximum atomic E-state index is 5.27. The van der Waals surface area contributed by atoms with Crippen molar-refractivity contribution >= 4 is 28.7 Å².